The first-order valence-corrected chi connectivity index (χ1v) is 7.84. The quantitative estimate of drug-likeness (QED) is 0.546. The Morgan fingerprint density at radius 2 is 1.80 bits per heavy atom. The van der Waals surface area contributed by atoms with Crippen molar-refractivity contribution in [2.75, 3.05) is 0 Å². The predicted molar refractivity (Wildman–Crippen MR) is 85.9 cm³/mol. The third kappa shape index (κ3) is 2.66. The maximum Gasteiger partial charge on any atom is 0.339 e. The molecular formula is C16H18BrClO2. The fourth-order valence-corrected chi connectivity index (χ4v) is 2.72. The zero-order valence-corrected chi connectivity index (χ0v) is 14.4. The molecule has 4 heteroatoms. The number of ether oxygens (including phenoxy) is 1. The average molecular weight is 358 g/mol. The standard InChI is InChI=1S/C16H18BrClO2/c1-15(2)9-12(14(19)20-16(15,3)4)10-7-5-6-8-11(10)13(17)18/h5-9,13H,1-4H3. The summed E-state index contributed by atoms with van der Waals surface area (Å²) in [7, 11) is 0. The van der Waals surface area contributed by atoms with Crippen LogP contribution in [0.3, 0.4) is 0 Å². The Morgan fingerprint density at radius 1 is 1.20 bits per heavy atom. The minimum absolute atomic E-state index is 0.253. The van der Waals surface area contributed by atoms with Crippen LogP contribution in [0, 0.1) is 5.41 Å². The van der Waals surface area contributed by atoms with Crippen LogP contribution < -0.4 is 0 Å². The number of rotatable bonds is 2. The molecule has 1 heterocycles. The van der Waals surface area contributed by atoms with E-state index in [4.69, 9.17) is 16.3 Å². The largest absolute Gasteiger partial charge is 0.455 e. The van der Waals surface area contributed by atoms with Gasteiger partial charge in [-0.3, -0.25) is 0 Å². The highest BCUT2D eigenvalue weighted by molar-refractivity contribution is 9.09. The lowest BCUT2D eigenvalue weighted by Crippen LogP contribution is -2.45. The summed E-state index contributed by atoms with van der Waals surface area (Å²) < 4.78 is 5.28. The second kappa shape index (κ2) is 5.19. The van der Waals surface area contributed by atoms with Gasteiger partial charge in [0.2, 0.25) is 0 Å². The molecule has 0 aromatic heterocycles. The number of hydrogen-bond donors (Lipinski definition) is 0. The maximum atomic E-state index is 12.3. The highest BCUT2D eigenvalue weighted by atomic mass is 79.9. The summed E-state index contributed by atoms with van der Waals surface area (Å²) in [6.07, 6.45) is 1.99. The molecule has 1 atom stereocenters. The second-order valence-electron chi connectivity index (χ2n) is 6.07. The third-order valence-electron chi connectivity index (χ3n) is 4.11. The van der Waals surface area contributed by atoms with Gasteiger partial charge in [-0.25, -0.2) is 4.79 Å². The molecule has 108 valence electrons. The zero-order valence-electron chi connectivity index (χ0n) is 12.0. The van der Waals surface area contributed by atoms with Crippen molar-refractivity contribution in [3.63, 3.8) is 0 Å². The molecule has 1 aliphatic heterocycles. The molecule has 20 heavy (non-hydrogen) atoms. The van der Waals surface area contributed by atoms with E-state index < -0.39 is 5.60 Å². The molecule has 0 radical (unpaired) electrons. The van der Waals surface area contributed by atoms with Crippen molar-refractivity contribution in [1.29, 1.82) is 0 Å². The van der Waals surface area contributed by atoms with E-state index in [9.17, 15) is 4.79 Å². The van der Waals surface area contributed by atoms with Gasteiger partial charge in [0.1, 0.15) is 9.89 Å². The van der Waals surface area contributed by atoms with Crippen molar-refractivity contribution in [1.82, 2.24) is 0 Å². The number of esters is 1. The van der Waals surface area contributed by atoms with Gasteiger partial charge in [0.15, 0.2) is 0 Å². The van der Waals surface area contributed by atoms with Gasteiger partial charge in [0.25, 0.3) is 0 Å². The Labute approximate surface area is 133 Å². The van der Waals surface area contributed by atoms with Crippen molar-refractivity contribution in [2.45, 2.75) is 37.6 Å². The molecule has 0 bridgehead atoms. The number of hydrogen-bond acceptors (Lipinski definition) is 2. The van der Waals surface area contributed by atoms with Gasteiger partial charge in [0.05, 0.1) is 5.57 Å². The topological polar surface area (TPSA) is 26.3 Å². The summed E-state index contributed by atoms with van der Waals surface area (Å²) in [5, 5.41) is 0. The van der Waals surface area contributed by atoms with Crippen LogP contribution in [0.5, 0.6) is 0 Å². The number of alkyl halides is 2. The van der Waals surface area contributed by atoms with Crippen LogP contribution in [0.4, 0.5) is 0 Å². The Bertz CT molecular complexity index is 574. The molecule has 0 aliphatic carbocycles. The number of carbonyl (C=O) groups excluding carboxylic acids is 1. The van der Waals surface area contributed by atoms with Crippen LogP contribution in [-0.2, 0) is 9.53 Å². The van der Waals surface area contributed by atoms with Gasteiger partial charge in [0, 0.05) is 5.41 Å². The second-order valence-corrected chi connectivity index (χ2v) is 7.95. The van der Waals surface area contributed by atoms with Gasteiger partial charge in [-0.05, 0) is 25.0 Å². The lowest BCUT2D eigenvalue weighted by Gasteiger charge is -2.42. The van der Waals surface area contributed by atoms with Crippen LogP contribution in [0.1, 0.15) is 43.1 Å². The van der Waals surface area contributed by atoms with E-state index in [1.165, 1.54) is 0 Å². The molecular weight excluding hydrogens is 340 g/mol. The number of benzene rings is 1. The molecule has 1 unspecified atom stereocenters. The van der Waals surface area contributed by atoms with Crippen LogP contribution in [0.25, 0.3) is 5.57 Å². The van der Waals surface area contributed by atoms with Gasteiger partial charge in [-0.2, -0.15) is 0 Å². The lowest BCUT2D eigenvalue weighted by molar-refractivity contribution is -0.160. The molecule has 1 aliphatic rings. The van der Waals surface area contributed by atoms with Crippen molar-refractivity contribution in [2.24, 2.45) is 5.41 Å². The smallest absolute Gasteiger partial charge is 0.339 e. The summed E-state index contributed by atoms with van der Waals surface area (Å²) in [4.78, 5) is 12.3. The Hall–Kier alpha value is -0.800. The molecule has 0 saturated carbocycles. The Kier molecular flexibility index (Phi) is 4.05. The highest BCUT2D eigenvalue weighted by Crippen LogP contribution is 2.44. The van der Waals surface area contributed by atoms with Crippen LogP contribution in [-0.4, -0.2) is 11.6 Å². The Morgan fingerprint density at radius 3 is 2.40 bits per heavy atom. The third-order valence-corrected chi connectivity index (χ3v) is 4.84. The number of halogens is 2. The summed E-state index contributed by atoms with van der Waals surface area (Å²) in [6.45, 7) is 7.99. The van der Waals surface area contributed by atoms with Gasteiger partial charge in [-0.1, -0.05) is 60.1 Å². The lowest BCUT2D eigenvalue weighted by atomic mass is 9.73. The van der Waals surface area contributed by atoms with E-state index in [1.54, 1.807) is 0 Å². The van der Waals surface area contributed by atoms with Crippen molar-refractivity contribution in [3.8, 4) is 0 Å². The van der Waals surface area contributed by atoms with Gasteiger partial charge >= 0.3 is 5.97 Å². The SMILES string of the molecule is CC1(C)C=C(c2ccccc2C(Cl)Br)C(=O)OC1(C)C. The fraction of sp³-hybridized carbons (Fsp3) is 0.438. The van der Waals surface area contributed by atoms with Crippen LogP contribution in [0.15, 0.2) is 30.3 Å². The first-order chi connectivity index (χ1) is 9.16. The van der Waals surface area contributed by atoms with Crippen LogP contribution in [0.2, 0.25) is 0 Å². The monoisotopic (exact) mass is 356 g/mol. The van der Waals surface area contributed by atoms with E-state index in [1.807, 2.05) is 44.2 Å². The van der Waals surface area contributed by atoms with Crippen molar-refractivity contribution >= 4 is 39.1 Å². The maximum absolute atomic E-state index is 12.3. The molecule has 0 amide bonds. The minimum Gasteiger partial charge on any atom is -0.455 e. The summed E-state index contributed by atoms with van der Waals surface area (Å²) in [5.41, 5.74) is 1.48. The normalized spacial score (nSPS) is 21.9. The molecule has 1 aromatic carbocycles. The summed E-state index contributed by atoms with van der Waals surface area (Å²) in [5.74, 6) is -0.299. The average Bonchev–Trinajstić information content (AvgIpc) is 2.33. The van der Waals surface area contributed by atoms with Crippen molar-refractivity contribution < 1.29 is 9.53 Å². The van der Waals surface area contributed by atoms with Gasteiger partial charge in [-0.15, -0.1) is 11.6 Å². The van der Waals surface area contributed by atoms with E-state index in [0.717, 1.165) is 11.1 Å². The van der Waals surface area contributed by atoms with Crippen LogP contribution >= 0.6 is 27.5 Å². The van der Waals surface area contributed by atoms with E-state index in [0.29, 0.717) is 5.57 Å². The fourth-order valence-electron chi connectivity index (χ4n) is 2.13. The molecule has 0 spiro atoms. The first-order valence-electron chi connectivity index (χ1n) is 6.49. The first kappa shape index (κ1) is 15.6. The molecule has 2 rings (SSSR count). The molecule has 0 N–H and O–H groups in total. The van der Waals surface area contributed by atoms with Crippen molar-refractivity contribution in [3.05, 3.63) is 41.5 Å². The zero-order chi connectivity index (χ0) is 15.1. The Balaban J connectivity index is 2.59. The number of cyclic esters (lactones) is 1. The highest BCUT2D eigenvalue weighted by Gasteiger charge is 2.44. The summed E-state index contributed by atoms with van der Waals surface area (Å²) >= 11 is 9.50. The van der Waals surface area contributed by atoms with E-state index in [-0.39, 0.29) is 15.7 Å². The molecule has 0 fully saturated rings. The molecule has 0 saturated heterocycles. The van der Waals surface area contributed by atoms with E-state index in [2.05, 4.69) is 29.8 Å². The van der Waals surface area contributed by atoms with Gasteiger partial charge < -0.3 is 4.74 Å². The molecule has 1 aromatic rings. The minimum atomic E-state index is -0.530. The number of carbonyl (C=O) groups is 1. The predicted octanol–water partition coefficient (Wildman–Crippen LogP) is 5.06. The van der Waals surface area contributed by atoms with E-state index >= 15 is 0 Å². The molecule has 2 nitrogen and oxygen atoms in total. The summed E-state index contributed by atoms with van der Waals surface area (Å²) in [6, 6.07) is 7.60.